The van der Waals surface area contributed by atoms with Gasteiger partial charge in [0.15, 0.2) is 0 Å². The lowest BCUT2D eigenvalue weighted by Gasteiger charge is -2.45. The Kier molecular flexibility index (Phi) is 5.56. The van der Waals surface area contributed by atoms with Gasteiger partial charge >= 0.3 is 0 Å². The van der Waals surface area contributed by atoms with Crippen LogP contribution >= 0.6 is 0 Å². The lowest BCUT2D eigenvalue weighted by molar-refractivity contribution is -0.154. The smallest absolute Gasteiger partial charge is 0.246 e. The van der Waals surface area contributed by atoms with Gasteiger partial charge in [0.1, 0.15) is 5.54 Å². The second kappa shape index (κ2) is 6.71. The van der Waals surface area contributed by atoms with Gasteiger partial charge in [0.2, 0.25) is 11.8 Å². The third-order valence-corrected chi connectivity index (χ3v) is 3.83. The summed E-state index contributed by atoms with van der Waals surface area (Å²) in [6.45, 7) is 4.17. The Balaban J connectivity index is 2.73. The van der Waals surface area contributed by atoms with Crippen LogP contribution in [0.1, 0.15) is 46.0 Å². The minimum Gasteiger partial charge on any atom is -0.345 e. The van der Waals surface area contributed by atoms with Gasteiger partial charge in [0, 0.05) is 6.54 Å². The van der Waals surface area contributed by atoms with Crippen LogP contribution in [0, 0.1) is 0 Å². The van der Waals surface area contributed by atoms with Crippen molar-refractivity contribution in [2.45, 2.75) is 51.5 Å². The zero-order valence-electron chi connectivity index (χ0n) is 11.3. The number of unbranched alkanes of at least 4 members (excludes halogenated alkanes) is 2. The Bertz CT molecular complexity index is 303. The van der Waals surface area contributed by atoms with E-state index in [1.807, 2.05) is 13.8 Å². The molecule has 1 aliphatic rings. The highest BCUT2D eigenvalue weighted by Gasteiger charge is 2.46. The molecule has 0 bridgehead atoms. The van der Waals surface area contributed by atoms with Crippen molar-refractivity contribution in [1.29, 1.82) is 0 Å². The largest absolute Gasteiger partial charge is 0.345 e. The van der Waals surface area contributed by atoms with Crippen molar-refractivity contribution in [3.8, 4) is 0 Å². The highest BCUT2D eigenvalue weighted by atomic mass is 19.1. The Labute approximate surface area is 108 Å². The Morgan fingerprint density at radius 1 is 1.22 bits per heavy atom. The first kappa shape index (κ1) is 14.9. The molecule has 0 aromatic heterocycles. The average Bonchev–Trinajstić information content (AvgIpc) is 2.39. The molecule has 1 aliphatic heterocycles. The molecule has 1 N–H and O–H groups in total. The van der Waals surface area contributed by atoms with E-state index < -0.39 is 5.54 Å². The second-order valence-corrected chi connectivity index (χ2v) is 4.72. The number of hydrogen-bond donors (Lipinski definition) is 1. The summed E-state index contributed by atoms with van der Waals surface area (Å²) in [5.41, 5.74) is -0.703. The normalized spacial score (nSPS) is 18.9. The number of halogens is 1. The summed E-state index contributed by atoms with van der Waals surface area (Å²) in [6.07, 6.45) is 3.27. The molecule has 0 unspecified atom stereocenters. The number of amides is 2. The molecule has 5 heteroatoms. The fourth-order valence-corrected chi connectivity index (χ4v) is 2.61. The van der Waals surface area contributed by atoms with Gasteiger partial charge in [-0.05, 0) is 32.1 Å². The van der Waals surface area contributed by atoms with Crippen LogP contribution in [0.3, 0.4) is 0 Å². The molecule has 1 saturated heterocycles. The van der Waals surface area contributed by atoms with Crippen LogP contribution in [0.5, 0.6) is 0 Å². The number of carbonyl (C=O) groups excluding carboxylic acids is 2. The molecule has 1 heterocycles. The minimum atomic E-state index is -0.703. The number of alkyl halides is 1. The second-order valence-electron chi connectivity index (χ2n) is 4.72. The van der Waals surface area contributed by atoms with Crippen molar-refractivity contribution in [2.75, 3.05) is 19.8 Å². The Morgan fingerprint density at radius 2 is 1.89 bits per heavy atom. The Morgan fingerprint density at radius 3 is 2.44 bits per heavy atom. The van der Waals surface area contributed by atoms with Gasteiger partial charge in [-0.3, -0.25) is 14.0 Å². The van der Waals surface area contributed by atoms with E-state index in [1.165, 1.54) is 0 Å². The van der Waals surface area contributed by atoms with Gasteiger partial charge in [0.25, 0.3) is 0 Å². The van der Waals surface area contributed by atoms with E-state index in [2.05, 4.69) is 5.32 Å². The molecule has 0 radical (unpaired) electrons. The van der Waals surface area contributed by atoms with Gasteiger partial charge in [0.05, 0.1) is 13.2 Å². The highest BCUT2D eigenvalue weighted by Crippen LogP contribution is 2.27. The maximum absolute atomic E-state index is 12.1. The molecule has 0 saturated carbocycles. The van der Waals surface area contributed by atoms with Crippen molar-refractivity contribution in [3.63, 3.8) is 0 Å². The topological polar surface area (TPSA) is 49.4 Å². The molecule has 104 valence electrons. The van der Waals surface area contributed by atoms with Gasteiger partial charge < -0.3 is 10.2 Å². The first-order valence-electron chi connectivity index (χ1n) is 6.77. The van der Waals surface area contributed by atoms with E-state index in [4.69, 9.17) is 0 Å². The van der Waals surface area contributed by atoms with E-state index >= 15 is 0 Å². The molecule has 18 heavy (non-hydrogen) atoms. The first-order chi connectivity index (χ1) is 8.62. The van der Waals surface area contributed by atoms with E-state index in [9.17, 15) is 14.0 Å². The summed E-state index contributed by atoms with van der Waals surface area (Å²) in [5.74, 6) is -0.0869. The van der Waals surface area contributed by atoms with Gasteiger partial charge in [-0.2, -0.15) is 0 Å². The molecule has 4 nitrogen and oxygen atoms in total. The van der Waals surface area contributed by atoms with Gasteiger partial charge in [-0.25, -0.2) is 0 Å². The molecular formula is C13H23FN2O2. The van der Waals surface area contributed by atoms with Crippen molar-refractivity contribution in [1.82, 2.24) is 10.2 Å². The lowest BCUT2D eigenvalue weighted by atomic mass is 9.87. The minimum absolute atomic E-state index is 0.0291. The molecule has 0 aromatic rings. The van der Waals surface area contributed by atoms with Crippen molar-refractivity contribution in [2.24, 2.45) is 0 Å². The monoisotopic (exact) mass is 258 g/mol. The maximum Gasteiger partial charge on any atom is 0.246 e. The third-order valence-electron chi connectivity index (χ3n) is 3.83. The van der Waals surface area contributed by atoms with Crippen molar-refractivity contribution < 1.29 is 14.0 Å². The predicted molar refractivity (Wildman–Crippen MR) is 67.9 cm³/mol. The molecule has 2 amide bonds. The predicted octanol–water partition coefficient (Wildman–Crippen LogP) is 1.64. The summed E-state index contributed by atoms with van der Waals surface area (Å²) >= 11 is 0. The molecular weight excluding hydrogens is 235 g/mol. The third kappa shape index (κ3) is 2.82. The van der Waals surface area contributed by atoms with Crippen molar-refractivity contribution in [3.05, 3.63) is 0 Å². The number of nitrogens with zero attached hydrogens (tertiary/aromatic N) is 1. The maximum atomic E-state index is 12.1. The molecule has 0 aromatic carbocycles. The average molecular weight is 258 g/mol. The summed E-state index contributed by atoms with van der Waals surface area (Å²) in [7, 11) is 0. The SMILES string of the molecule is CCC1(CC)C(=O)NCC(=O)N1CCCCCF. The Hall–Kier alpha value is -1.13. The van der Waals surface area contributed by atoms with Crippen LogP contribution in [0.4, 0.5) is 4.39 Å². The van der Waals surface area contributed by atoms with Crippen LogP contribution in [0.15, 0.2) is 0 Å². The zero-order chi connectivity index (χ0) is 13.6. The fourth-order valence-electron chi connectivity index (χ4n) is 2.61. The number of carbonyl (C=O) groups is 2. The summed E-state index contributed by atoms with van der Waals surface area (Å²) in [4.78, 5) is 25.7. The van der Waals surface area contributed by atoms with Crippen LogP contribution in [0.2, 0.25) is 0 Å². The van der Waals surface area contributed by atoms with Crippen LogP contribution in [-0.4, -0.2) is 42.0 Å². The fraction of sp³-hybridized carbons (Fsp3) is 0.846. The standard InChI is InChI=1S/C13H23FN2O2/c1-3-13(4-2)12(18)15-10-11(17)16(13)9-7-5-6-8-14/h3-10H2,1-2H3,(H,15,18). The van der Waals surface area contributed by atoms with Crippen LogP contribution in [-0.2, 0) is 9.59 Å². The summed E-state index contributed by atoms with van der Waals surface area (Å²) < 4.78 is 12.0. The van der Waals surface area contributed by atoms with E-state index in [0.717, 1.165) is 12.8 Å². The number of nitrogens with one attached hydrogen (secondary N) is 1. The molecule has 1 fully saturated rings. The molecule has 0 atom stereocenters. The molecule has 1 rings (SSSR count). The van der Waals surface area contributed by atoms with Crippen molar-refractivity contribution >= 4 is 11.8 Å². The number of piperazine rings is 1. The van der Waals surface area contributed by atoms with Crippen LogP contribution in [0.25, 0.3) is 0 Å². The van der Waals surface area contributed by atoms with E-state index in [0.29, 0.717) is 25.8 Å². The zero-order valence-corrected chi connectivity index (χ0v) is 11.3. The quantitative estimate of drug-likeness (QED) is 0.706. The highest BCUT2D eigenvalue weighted by molar-refractivity contribution is 5.97. The first-order valence-corrected chi connectivity index (χ1v) is 6.77. The summed E-state index contributed by atoms with van der Waals surface area (Å²) in [5, 5.41) is 2.67. The summed E-state index contributed by atoms with van der Waals surface area (Å²) in [6, 6.07) is 0. The van der Waals surface area contributed by atoms with E-state index in [-0.39, 0.29) is 25.0 Å². The molecule has 0 aliphatic carbocycles. The van der Waals surface area contributed by atoms with E-state index in [1.54, 1.807) is 4.90 Å². The number of rotatable bonds is 7. The lowest BCUT2D eigenvalue weighted by Crippen LogP contribution is -2.66. The van der Waals surface area contributed by atoms with Gasteiger partial charge in [-0.1, -0.05) is 13.8 Å². The van der Waals surface area contributed by atoms with Crippen LogP contribution < -0.4 is 5.32 Å². The molecule has 0 spiro atoms. The number of hydrogen-bond acceptors (Lipinski definition) is 2. The van der Waals surface area contributed by atoms with Gasteiger partial charge in [-0.15, -0.1) is 0 Å².